The fourth-order valence-corrected chi connectivity index (χ4v) is 2.79. The fraction of sp³-hybridized carbons (Fsp3) is 0.278. The van der Waals surface area contributed by atoms with Crippen LogP contribution in [0.2, 0.25) is 0 Å². The van der Waals surface area contributed by atoms with Gasteiger partial charge < -0.3 is 15.7 Å². The van der Waals surface area contributed by atoms with Gasteiger partial charge in [0.15, 0.2) is 0 Å². The van der Waals surface area contributed by atoms with Crippen LogP contribution in [0.5, 0.6) is 0 Å². The van der Waals surface area contributed by atoms with Crippen molar-refractivity contribution in [1.29, 1.82) is 0 Å². The molecule has 4 heteroatoms. The van der Waals surface area contributed by atoms with Crippen LogP contribution in [0.25, 0.3) is 0 Å². The molecule has 0 bridgehead atoms. The summed E-state index contributed by atoms with van der Waals surface area (Å²) in [5.74, 6) is 0.0175. The first-order valence-electron chi connectivity index (χ1n) is 7.53. The number of hydrogen-bond donors (Lipinski definition) is 3. The second-order valence-electron chi connectivity index (χ2n) is 5.60. The van der Waals surface area contributed by atoms with Crippen LogP contribution < -0.4 is 10.6 Å². The molecule has 22 heavy (non-hydrogen) atoms. The molecule has 0 fully saturated rings. The number of benzene rings is 2. The van der Waals surface area contributed by atoms with E-state index in [2.05, 4.69) is 22.8 Å². The molecule has 1 aliphatic rings. The van der Waals surface area contributed by atoms with Gasteiger partial charge in [-0.3, -0.25) is 4.79 Å². The number of amides is 1. The Hall–Kier alpha value is -2.17. The first-order chi connectivity index (χ1) is 10.8. The van der Waals surface area contributed by atoms with Crippen LogP contribution in [0.4, 0.5) is 0 Å². The number of aliphatic hydroxyl groups excluding tert-OH is 1. The Balaban J connectivity index is 1.59. The highest BCUT2D eigenvalue weighted by molar-refractivity contribution is 5.82. The van der Waals surface area contributed by atoms with Crippen LogP contribution in [0.1, 0.15) is 22.3 Å². The van der Waals surface area contributed by atoms with E-state index in [0.29, 0.717) is 6.54 Å². The standard InChI is InChI=1S/C18H20N2O2/c21-12-14-5-3-4-13(8-14)10-20-18(22)17-9-15-6-1-2-7-16(15)11-19-17/h1-8,17,19,21H,9-12H2,(H,20,22). The Bertz CT molecular complexity index is 670. The van der Waals surface area contributed by atoms with Crippen LogP contribution >= 0.6 is 0 Å². The molecule has 1 unspecified atom stereocenters. The fourth-order valence-electron chi connectivity index (χ4n) is 2.79. The van der Waals surface area contributed by atoms with Gasteiger partial charge in [-0.1, -0.05) is 48.5 Å². The van der Waals surface area contributed by atoms with Crippen molar-refractivity contribution in [3.8, 4) is 0 Å². The summed E-state index contributed by atoms with van der Waals surface area (Å²) in [5.41, 5.74) is 4.36. The van der Waals surface area contributed by atoms with Gasteiger partial charge in [-0.25, -0.2) is 0 Å². The molecule has 2 aromatic carbocycles. The number of nitrogens with one attached hydrogen (secondary N) is 2. The largest absolute Gasteiger partial charge is 0.392 e. The Labute approximate surface area is 130 Å². The number of fused-ring (bicyclic) bond motifs is 1. The minimum atomic E-state index is -0.184. The second-order valence-corrected chi connectivity index (χ2v) is 5.60. The van der Waals surface area contributed by atoms with E-state index in [1.54, 1.807) is 0 Å². The van der Waals surface area contributed by atoms with Crippen LogP contribution in [0, 0.1) is 0 Å². The van der Waals surface area contributed by atoms with Gasteiger partial charge in [-0.05, 0) is 28.7 Å². The maximum absolute atomic E-state index is 12.3. The summed E-state index contributed by atoms with van der Waals surface area (Å²) in [6.45, 7) is 1.23. The van der Waals surface area contributed by atoms with E-state index in [1.807, 2.05) is 36.4 Å². The number of aliphatic hydroxyl groups is 1. The zero-order chi connectivity index (χ0) is 15.4. The molecule has 3 N–H and O–H groups in total. The third-order valence-corrected chi connectivity index (χ3v) is 4.04. The van der Waals surface area contributed by atoms with Gasteiger partial charge in [0.05, 0.1) is 12.6 Å². The first kappa shape index (κ1) is 14.8. The molecule has 1 aliphatic heterocycles. The van der Waals surface area contributed by atoms with Crippen LogP contribution in [0.15, 0.2) is 48.5 Å². The monoisotopic (exact) mass is 296 g/mol. The van der Waals surface area contributed by atoms with Gasteiger partial charge >= 0.3 is 0 Å². The SMILES string of the molecule is O=C(NCc1cccc(CO)c1)C1Cc2ccccc2CN1. The van der Waals surface area contributed by atoms with Crippen LogP contribution in [-0.2, 0) is 30.9 Å². The zero-order valence-electron chi connectivity index (χ0n) is 12.4. The van der Waals surface area contributed by atoms with E-state index in [-0.39, 0.29) is 18.6 Å². The lowest BCUT2D eigenvalue weighted by Gasteiger charge is -2.25. The maximum Gasteiger partial charge on any atom is 0.237 e. The molecule has 114 valence electrons. The van der Waals surface area contributed by atoms with Gasteiger partial charge in [-0.2, -0.15) is 0 Å². The zero-order valence-corrected chi connectivity index (χ0v) is 12.4. The van der Waals surface area contributed by atoms with Crippen molar-refractivity contribution in [2.24, 2.45) is 0 Å². The normalized spacial score (nSPS) is 16.9. The highest BCUT2D eigenvalue weighted by Crippen LogP contribution is 2.16. The third kappa shape index (κ3) is 3.35. The Morgan fingerprint density at radius 3 is 2.73 bits per heavy atom. The molecule has 1 atom stereocenters. The minimum Gasteiger partial charge on any atom is -0.392 e. The molecular formula is C18H20N2O2. The molecule has 1 amide bonds. The molecule has 0 saturated heterocycles. The Kier molecular flexibility index (Phi) is 4.51. The predicted molar refractivity (Wildman–Crippen MR) is 85.0 cm³/mol. The van der Waals surface area contributed by atoms with Gasteiger partial charge in [0.25, 0.3) is 0 Å². The molecule has 0 aromatic heterocycles. The van der Waals surface area contributed by atoms with Crippen LogP contribution in [-0.4, -0.2) is 17.1 Å². The number of rotatable bonds is 4. The summed E-state index contributed by atoms with van der Waals surface area (Å²) in [5, 5.41) is 15.4. The number of hydrogen-bond acceptors (Lipinski definition) is 3. The highest BCUT2D eigenvalue weighted by Gasteiger charge is 2.23. The molecular weight excluding hydrogens is 276 g/mol. The average Bonchev–Trinajstić information content (AvgIpc) is 2.59. The van der Waals surface area contributed by atoms with E-state index in [1.165, 1.54) is 11.1 Å². The van der Waals surface area contributed by atoms with Crippen molar-refractivity contribution in [2.75, 3.05) is 0 Å². The molecule has 0 aliphatic carbocycles. The van der Waals surface area contributed by atoms with Crippen LogP contribution in [0.3, 0.4) is 0 Å². The summed E-state index contributed by atoms with van der Waals surface area (Å²) in [4.78, 5) is 12.3. The third-order valence-electron chi connectivity index (χ3n) is 4.04. The van der Waals surface area contributed by atoms with E-state index >= 15 is 0 Å². The molecule has 0 saturated carbocycles. The van der Waals surface area contributed by atoms with Crippen molar-refractivity contribution in [2.45, 2.75) is 32.2 Å². The van der Waals surface area contributed by atoms with E-state index in [4.69, 9.17) is 5.11 Å². The predicted octanol–water partition coefficient (Wildman–Crippen LogP) is 1.51. The Morgan fingerprint density at radius 1 is 1.14 bits per heavy atom. The van der Waals surface area contributed by atoms with E-state index in [0.717, 1.165) is 24.1 Å². The highest BCUT2D eigenvalue weighted by atomic mass is 16.3. The first-order valence-corrected chi connectivity index (χ1v) is 7.53. The van der Waals surface area contributed by atoms with E-state index < -0.39 is 0 Å². The summed E-state index contributed by atoms with van der Waals surface area (Å²) < 4.78 is 0. The average molecular weight is 296 g/mol. The van der Waals surface area contributed by atoms with Crippen molar-refractivity contribution in [1.82, 2.24) is 10.6 Å². The van der Waals surface area contributed by atoms with Gasteiger partial charge in [0, 0.05) is 13.1 Å². The van der Waals surface area contributed by atoms with Gasteiger partial charge in [0.2, 0.25) is 5.91 Å². The summed E-state index contributed by atoms with van der Waals surface area (Å²) in [7, 11) is 0. The molecule has 4 nitrogen and oxygen atoms in total. The lowest BCUT2D eigenvalue weighted by Crippen LogP contribution is -2.47. The Morgan fingerprint density at radius 2 is 1.91 bits per heavy atom. The summed E-state index contributed by atoms with van der Waals surface area (Å²) in [6.07, 6.45) is 0.721. The minimum absolute atomic E-state index is 0.0166. The number of carbonyl (C=O) groups excluding carboxylic acids is 1. The smallest absolute Gasteiger partial charge is 0.237 e. The van der Waals surface area contributed by atoms with Gasteiger partial charge in [-0.15, -0.1) is 0 Å². The quantitative estimate of drug-likeness (QED) is 0.801. The van der Waals surface area contributed by atoms with Crippen molar-refractivity contribution >= 4 is 5.91 Å². The maximum atomic E-state index is 12.3. The molecule has 1 heterocycles. The molecule has 2 aromatic rings. The molecule has 0 spiro atoms. The second kappa shape index (κ2) is 6.73. The van der Waals surface area contributed by atoms with Crippen molar-refractivity contribution in [3.63, 3.8) is 0 Å². The van der Waals surface area contributed by atoms with E-state index in [9.17, 15) is 4.79 Å². The van der Waals surface area contributed by atoms with Gasteiger partial charge in [0.1, 0.15) is 0 Å². The summed E-state index contributed by atoms with van der Waals surface area (Å²) in [6, 6.07) is 15.6. The lowest BCUT2D eigenvalue weighted by atomic mass is 9.95. The molecule has 0 radical (unpaired) electrons. The lowest BCUT2D eigenvalue weighted by molar-refractivity contribution is -0.123. The van der Waals surface area contributed by atoms with Crippen molar-refractivity contribution < 1.29 is 9.90 Å². The molecule has 3 rings (SSSR count). The number of carbonyl (C=O) groups is 1. The van der Waals surface area contributed by atoms with Crippen molar-refractivity contribution in [3.05, 3.63) is 70.8 Å². The summed E-state index contributed by atoms with van der Waals surface area (Å²) >= 11 is 0. The topological polar surface area (TPSA) is 61.4 Å².